The lowest BCUT2D eigenvalue weighted by Gasteiger charge is -2.11. The first-order valence-corrected chi connectivity index (χ1v) is 8.32. The molecule has 0 bridgehead atoms. The lowest BCUT2D eigenvalue weighted by Crippen LogP contribution is -2.30. The molecule has 0 spiro atoms. The maximum Gasteiger partial charge on any atom is 0.273 e. The van der Waals surface area contributed by atoms with Crippen molar-refractivity contribution in [3.8, 4) is 0 Å². The molecule has 0 fully saturated rings. The minimum absolute atomic E-state index is 0.0158. The van der Waals surface area contributed by atoms with Crippen molar-refractivity contribution in [2.75, 3.05) is 14.2 Å². The molecule has 0 heterocycles. The summed E-state index contributed by atoms with van der Waals surface area (Å²) < 4.78 is 14.4. The van der Waals surface area contributed by atoms with Crippen LogP contribution >= 0.6 is 0 Å². The molecule has 27 heavy (non-hydrogen) atoms. The van der Waals surface area contributed by atoms with Crippen LogP contribution in [0.15, 0.2) is 52.8 Å². The highest BCUT2D eigenvalue weighted by atomic mass is 19.1. The lowest BCUT2D eigenvalue weighted by molar-refractivity contribution is -0.114. The van der Waals surface area contributed by atoms with Crippen molar-refractivity contribution in [2.45, 2.75) is 20.5 Å². The predicted octanol–water partition coefficient (Wildman–Crippen LogP) is 3.17. The van der Waals surface area contributed by atoms with Crippen LogP contribution in [-0.2, 0) is 21.1 Å². The van der Waals surface area contributed by atoms with Crippen molar-refractivity contribution in [3.63, 3.8) is 0 Å². The molecule has 142 valence electrons. The molecule has 2 aromatic rings. The summed E-state index contributed by atoms with van der Waals surface area (Å²) in [6.07, 6.45) is 0. The Morgan fingerprint density at radius 2 is 1.93 bits per heavy atom. The SMILES string of the molecule is CNC(=O)C(=NOC)c1c(F)cccc1CON=C(C)c1cccc(C)c1. The smallest absolute Gasteiger partial charge is 0.273 e. The van der Waals surface area contributed by atoms with Crippen molar-refractivity contribution in [1.29, 1.82) is 0 Å². The minimum atomic E-state index is -0.602. The van der Waals surface area contributed by atoms with Gasteiger partial charge in [0, 0.05) is 12.6 Å². The topological polar surface area (TPSA) is 72.3 Å². The van der Waals surface area contributed by atoms with Crippen molar-refractivity contribution < 1.29 is 18.9 Å². The number of likely N-dealkylation sites (N-methyl/N-ethyl adjacent to an activating group) is 1. The van der Waals surface area contributed by atoms with Gasteiger partial charge in [-0.25, -0.2) is 4.39 Å². The van der Waals surface area contributed by atoms with Crippen LogP contribution in [0.3, 0.4) is 0 Å². The quantitative estimate of drug-likeness (QED) is 0.600. The van der Waals surface area contributed by atoms with Gasteiger partial charge in [-0.2, -0.15) is 0 Å². The summed E-state index contributed by atoms with van der Waals surface area (Å²) in [6, 6.07) is 12.3. The van der Waals surface area contributed by atoms with Crippen molar-refractivity contribution in [3.05, 3.63) is 70.5 Å². The van der Waals surface area contributed by atoms with E-state index in [0.29, 0.717) is 11.3 Å². The van der Waals surface area contributed by atoms with Gasteiger partial charge in [0.1, 0.15) is 19.5 Å². The van der Waals surface area contributed by atoms with Crippen LogP contribution in [0.4, 0.5) is 4.39 Å². The van der Waals surface area contributed by atoms with E-state index in [2.05, 4.69) is 15.6 Å². The van der Waals surface area contributed by atoms with Crippen LogP contribution in [0.5, 0.6) is 0 Å². The summed E-state index contributed by atoms with van der Waals surface area (Å²) in [4.78, 5) is 22.2. The first-order valence-electron chi connectivity index (χ1n) is 8.32. The fourth-order valence-corrected chi connectivity index (χ4v) is 2.49. The van der Waals surface area contributed by atoms with E-state index in [1.807, 2.05) is 38.1 Å². The second kappa shape index (κ2) is 9.47. The molecule has 0 aliphatic carbocycles. The van der Waals surface area contributed by atoms with E-state index in [1.54, 1.807) is 6.07 Å². The van der Waals surface area contributed by atoms with Gasteiger partial charge in [-0.3, -0.25) is 4.79 Å². The zero-order valence-corrected chi connectivity index (χ0v) is 15.7. The molecule has 1 N–H and O–H groups in total. The third-order valence-corrected chi connectivity index (χ3v) is 3.82. The number of nitrogens with one attached hydrogen (secondary N) is 1. The van der Waals surface area contributed by atoms with Crippen LogP contribution in [0.2, 0.25) is 0 Å². The van der Waals surface area contributed by atoms with E-state index in [-0.39, 0.29) is 17.9 Å². The van der Waals surface area contributed by atoms with Crippen molar-refractivity contribution in [2.24, 2.45) is 10.3 Å². The van der Waals surface area contributed by atoms with E-state index >= 15 is 0 Å². The number of rotatable bonds is 7. The number of hydrogen-bond acceptors (Lipinski definition) is 5. The zero-order chi connectivity index (χ0) is 19.8. The maximum absolute atomic E-state index is 14.4. The summed E-state index contributed by atoms with van der Waals surface area (Å²) in [7, 11) is 2.72. The molecule has 2 rings (SSSR count). The number of oxime groups is 2. The molecule has 0 saturated carbocycles. The van der Waals surface area contributed by atoms with E-state index in [9.17, 15) is 9.18 Å². The van der Waals surface area contributed by atoms with Gasteiger partial charge < -0.3 is 15.0 Å². The first kappa shape index (κ1) is 20.1. The zero-order valence-electron chi connectivity index (χ0n) is 15.7. The fourth-order valence-electron chi connectivity index (χ4n) is 2.49. The van der Waals surface area contributed by atoms with Gasteiger partial charge in [0.05, 0.1) is 11.3 Å². The molecule has 1 amide bonds. The Balaban J connectivity index is 2.27. The fraction of sp³-hybridized carbons (Fsp3) is 0.250. The molecular weight excluding hydrogens is 349 g/mol. The number of carbonyl (C=O) groups excluding carboxylic acids is 1. The number of amides is 1. The van der Waals surface area contributed by atoms with E-state index in [1.165, 1.54) is 26.3 Å². The van der Waals surface area contributed by atoms with E-state index in [0.717, 1.165) is 11.1 Å². The molecule has 7 heteroatoms. The predicted molar refractivity (Wildman–Crippen MR) is 102 cm³/mol. The van der Waals surface area contributed by atoms with Gasteiger partial charge in [-0.15, -0.1) is 0 Å². The molecule has 6 nitrogen and oxygen atoms in total. The molecule has 0 aliphatic heterocycles. The first-order chi connectivity index (χ1) is 13.0. The Morgan fingerprint density at radius 1 is 1.19 bits per heavy atom. The normalized spacial score (nSPS) is 11.9. The van der Waals surface area contributed by atoms with Gasteiger partial charge in [0.15, 0.2) is 5.71 Å². The summed E-state index contributed by atoms with van der Waals surface area (Å²) in [5, 5.41) is 10.2. The highest BCUT2D eigenvalue weighted by Crippen LogP contribution is 2.17. The number of aryl methyl sites for hydroxylation is 1. The van der Waals surface area contributed by atoms with Gasteiger partial charge in [-0.1, -0.05) is 52.3 Å². The summed E-state index contributed by atoms with van der Waals surface area (Å²) >= 11 is 0. The van der Waals surface area contributed by atoms with Crippen LogP contribution < -0.4 is 5.32 Å². The Morgan fingerprint density at radius 3 is 2.59 bits per heavy atom. The van der Waals surface area contributed by atoms with E-state index < -0.39 is 11.7 Å². The van der Waals surface area contributed by atoms with Crippen molar-refractivity contribution >= 4 is 17.3 Å². The monoisotopic (exact) mass is 371 g/mol. The average Bonchev–Trinajstić information content (AvgIpc) is 2.66. The van der Waals surface area contributed by atoms with Gasteiger partial charge >= 0.3 is 0 Å². The van der Waals surface area contributed by atoms with Crippen LogP contribution in [0.25, 0.3) is 0 Å². The number of carbonyl (C=O) groups is 1. The number of halogens is 1. The van der Waals surface area contributed by atoms with Crippen molar-refractivity contribution in [1.82, 2.24) is 5.32 Å². The largest absolute Gasteiger partial charge is 0.398 e. The molecule has 0 unspecified atom stereocenters. The summed E-state index contributed by atoms with van der Waals surface area (Å²) in [5.41, 5.74) is 3.00. The number of hydrogen-bond donors (Lipinski definition) is 1. The average molecular weight is 371 g/mol. The Kier molecular flexibility index (Phi) is 7.05. The third kappa shape index (κ3) is 5.13. The third-order valence-electron chi connectivity index (χ3n) is 3.82. The van der Waals surface area contributed by atoms with E-state index in [4.69, 9.17) is 9.68 Å². The molecule has 2 aromatic carbocycles. The minimum Gasteiger partial charge on any atom is -0.398 e. The molecular formula is C20H22FN3O3. The molecule has 0 saturated heterocycles. The molecule has 0 aromatic heterocycles. The van der Waals surface area contributed by atoms with Gasteiger partial charge in [0.25, 0.3) is 5.91 Å². The Hall–Kier alpha value is -3.22. The summed E-state index contributed by atoms with van der Waals surface area (Å²) in [6.45, 7) is 3.78. The Bertz CT molecular complexity index is 879. The summed E-state index contributed by atoms with van der Waals surface area (Å²) in [5.74, 6) is -1.17. The maximum atomic E-state index is 14.4. The Labute approximate surface area is 157 Å². The molecule has 0 atom stereocenters. The standard InChI is InChI=1S/C20H22FN3O3/c1-13-7-5-8-15(11-13)14(2)23-27-12-16-9-6-10-17(21)18(16)19(24-26-4)20(25)22-3/h5-11H,12H2,1-4H3,(H,22,25). The molecule has 0 radical (unpaired) electrons. The lowest BCUT2D eigenvalue weighted by atomic mass is 10.0. The number of nitrogens with zero attached hydrogens (tertiary/aromatic N) is 2. The highest BCUT2D eigenvalue weighted by molar-refractivity contribution is 6.45. The van der Waals surface area contributed by atoms with Crippen LogP contribution in [0, 0.1) is 12.7 Å². The second-order valence-corrected chi connectivity index (χ2v) is 5.80. The van der Waals surface area contributed by atoms with Gasteiger partial charge in [-0.05, 0) is 25.5 Å². The number of benzene rings is 2. The van der Waals surface area contributed by atoms with Gasteiger partial charge in [0.2, 0.25) is 0 Å². The molecule has 0 aliphatic rings. The van der Waals surface area contributed by atoms with Crippen LogP contribution in [0.1, 0.15) is 29.2 Å². The highest BCUT2D eigenvalue weighted by Gasteiger charge is 2.22. The van der Waals surface area contributed by atoms with Crippen LogP contribution in [-0.4, -0.2) is 31.5 Å². The second-order valence-electron chi connectivity index (χ2n) is 5.80.